The Bertz CT molecular complexity index is 800. The molecule has 0 saturated heterocycles. The van der Waals surface area contributed by atoms with Crippen molar-refractivity contribution in [1.82, 2.24) is 10.1 Å². The van der Waals surface area contributed by atoms with Gasteiger partial charge in [-0.25, -0.2) is 4.98 Å². The zero-order chi connectivity index (χ0) is 15.5. The zero-order valence-electron chi connectivity index (χ0n) is 12.6. The number of thiazole rings is 1. The summed E-state index contributed by atoms with van der Waals surface area (Å²) in [5.41, 5.74) is 7.93. The first-order valence-electron chi connectivity index (χ1n) is 6.88. The van der Waals surface area contributed by atoms with Crippen molar-refractivity contribution >= 4 is 22.7 Å². The Morgan fingerprint density at radius 2 is 2.14 bits per heavy atom. The number of benzene rings is 1. The summed E-state index contributed by atoms with van der Waals surface area (Å²) >= 11 is 1.53. The number of aryl methyl sites for hydroxylation is 3. The van der Waals surface area contributed by atoms with Gasteiger partial charge in [0.1, 0.15) is 5.76 Å². The highest BCUT2D eigenvalue weighted by atomic mass is 32.1. The lowest BCUT2D eigenvalue weighted by molar-refractivity contribution is 0.393. The largest absolute Gasteiger partial charge is 0.361 e. The van der Waals surface area contributed by atoms with Crippen molar-refractivity contribution in [2.75, 3.05) is 5.43 Å². The standard InChI is InChI=1S/C16H16N4OS/c1-10-9-22-16(18-10)19-17-8-13-5-4-6-14(7-13)15-11(2)20-21-12(15)3/h4-9H,1-3H3,(H,18,19). The lowest BCUT2D eigenvalue weighted by atomic mass is 10.0. The van der Waals surface area contributed by atoms with E-state index in [0.29, 0.717) is 0 Å². The molecule has 0 aliphatic carbocycles. The molecular weight excluding hydrogens is 296 g/mol. The first-order chi connectivity index (χ1) is 10.6. The number of aromatic nitrogens is 2. The van der Waals surface area contributed by atoms with Crippen molar-refractivity contribution in [1.29, 1.82) is 0 Å². The number of hydrogen-bond donors (Lipinski definition) is 1. The van der Waals surface area contributed by atoms with Crippen LogP contribution in [-0.2, 0) is 0 Å². The Morgan fingerprint density at radius 3 is 2.82 bits per heavy atom. The van der Waals surface area contributed by atoms with E-state index in [-0.39, 0.29) is 0 Å². The van der Waals surface area contributed by atoms with E-state index in [2.05, 4.69) is 26.7 Å². The summed E-state index contributed by atoms with van der Waals surface area (Å²) in [6.07, 6.45) is 1.78. The van der Waals surface area contributed by atoms with Crippen LogP contribution in [0.3, 0.4) is 0 Å². The lowest BCUT2D eigenvalue weighted by Gasteiger charge is -2.01. The summed E-state index contributed by atoms with van der Waals surface area (Å²) in [6, 6.07) is 8.10. The molecule has 0 radical (unpaired) electrons. The third kappa shape index (κ3) is 3.07. The molecule has 1 N–H and O–H groups in total. The summed E-state index contributed by atoms with van der Waals surface area (Å²) < 4.78 is 5.23. The van der Waals surface area contributed by atoms with Crippen LogP contribution in [0.4, 0.5) is 5.13 Å². The van der Waals surface area contributed by atoms with Crippen molar-refractivity contribution in [3.05, 3.63) is 52.4 Å². The summed E-state index contributed by atoms with van der Waals surface area (Å²) in [6.45, 7) is 5.82. The van der Waals surface area contributed by atoms with Crippen LogP contribution in [0.2, 0.25) is 0 Å². The second-order valence-corrected chi connectivity index (χ2v) is 5.85. The Morgan fingerprint density at radius 1 is 1.27 bits per heavy atom. The minimum atomic E-state index is 0.788. The Balaban J connectivity index is 1.79. The summed E-state index contributed by atoms with van der Waals surface area (Å²) in [5.74, 6) is 0.822. The molecule has 0 bridgehead atoms. The minimum Gasteiger partial charge on any atom is -0.361 e. The molecule has 3 aromatic rings. The van der Waals surface area contributed by atoms with Crippen LogP contribution in [0.5, 0.6) is 0 Å². The molecule has 5 nitrogen and oxygen atoms in total. The van der Waals surface area contributed by atoms with Crippen molar-refractivity contribution in [2.24, 2.45) is 5.10 Å². The first-order valence-corrected chi connectivity index (χ1v) is 7.76. The normalized spacial score (nSPS) is 11.2. The average Bonchev–Trinajstić information content (AvgIpc) is 3.05. The SMILES string of the molecule is Cc1csc(NN=Cc2cccc(-c3c(C)noc3C)c2)n1. The van der Waals surface area contributed by atoms with E-state index in [4.69, 9.17) is 4.52 Å². The van der Waals surface area contributed by atoms with Gasteiger partial charge in [-0.1, -0.05) is 23.4 Å². The average molecular weight is 312 g/mol. The topological polar surface area (TPSA) is 63.3 Å². The van der Waals surface area contributed by atoms with Crippen LogP contribution in [0, 0.1) is 20.8 Å². The van der Waals surface area contributed by atoms with Gasteiger partial charge in [0.2, 0.25) is 5.13 Å². The highest BCUT2D eigenvalue weighted by molar-refractivity contribution is 7.13. The Kier molecular flexibility index (Phi) is 4.02. The van der Waals surface area contributed by atoms with Crippen LogP contribution in [0.15, 0.2) is 39.3 Å². The minimum absolute atomic E-state index is 0.788. The van der Waals surface area contributed by atoms with Gasteiger partial charge < -0.3 is 4.52 Å². The number of hydrazone groups is 1. The number of nitrogens with one attached hydrogen (secondary N) is 1. The van der Waals surface area contributed by atoms with Crippen molar-refractivity contribution < 1.29 is 4.52 Å². The van der Waals surface area contributed by atoms with E-state index in [1.807, 2.05) is 44.4 Å². The molecule has 22 heavy (non-hydrogen) atoms. The Hall–Kier alpha value is -2.47. The number of nitrogens with zero attached hydrogens (tertiary/aromatic N) is 3. The molecule has 3 rings (SSSR count). The molecule has 2 heterocycles. The third-order valence-electron chi connectivity index (χ3n) is 3.20. The fraction of sp³-hybridized carbons (Fsp3) is 0.188. The number of rotatable bonds is 4. The molecule has 0 fully saturated rings. The second kappa shape index (κ2) is 6.11. The monoisotopic (exact) mass is 312 g/mol. The smallest absolute Gasteiger partial charge is 0.203 e. The van der Waals surface area contributed by atoms with Crippen LogP contribution in [0.1, 0.15) is 22.7 Å². The van der Waals surface area contributed by atoms with Crippen molar-refractivity contribution in [2.45, 2.75) is 20.8 Å². The predicted octanol–water partition coefficient (Wildman–Crippen LogP) is 4.17. The van der Waals surface area contributed by atoms with E-state index >= 15 is 0 Å². The van der Waals surface area contributed by atoms with Crippen LogP contribution in [-0.4, -0.2) is 16.4 Å². The summed E-state index contributed by atoms with van der Waals surface area (Å²) in [4.78, 5) is 4.30. The Labute approximate surface area is 132 Å². The van der Waals surface area contributed by atoms with Gasteiger partial charge in [0, 0.05) is 10.9 Å². The molecule has 0 unspecified atom stereocenters. The van der Waals surface area contributed by atoms with E-state index in [0.717, 1.165) is 39.0 Å². The van der Waals surface area contributed by atoms with Crippen LogP contribution < -0.4 is 5.43 Å². The van der Waals surface area contributed by atoms with E-state index < -0.39 is 0 Å². The van der Waals surface area contributed by atoms with Crippen LogP contribution >= 0.6 is 11.3 Å². The van der Waals surface area contributed by atoms with Gasteiger partial charge in [-0.15, -0.1) is 11.3 Å². The van der Waals surface area contributed by atoms with Crippen molar-refractivity contribution in [3.63, 3.8) is 0 Å². The molecule has 0 saturated carbocycles. The maximum Gasteiger partial charge on any atom is 0.203 e. The maximum atomic E-state index is 5.23. The third-order valence-corrected chi connectivity index (χ3v) is 4.07. The molecule has 0 amide bonds. The lowest BCUT2D eigenvalue weighted by Crippen LogP contribution is -1.91. The molecule has 112 valence electrons. The fourth-order valence-corrected chi connectivity index (χ4v) is 2.87. The molecule has 0 aliphatic heterocycles. The number of anilines is 1. The summed E-state index contributed by atoms with van der Waals surface area (Å²) in [7, 11) is 0. The van der Waals surface area contributed by atoms with Gasteiger partial charge >= 0.3 is 0 Å². The molecule has 1 aromatic carbocycles. The van der Waals surface area contributed by atoms with E-state index in [1.54, 1.807) is 6.21 Å². The predicted molar refractivity (Wildman–Crippen MR) is 89.5 cm³/mol. The van der Waals surface area contributed by atoms with Gasteiger partial charge in [-0.05, 0) is 38.0 Å². The number of hydrogen-bond acceptors (Lipinski definition) is 6. The quantitative estimate of drug-likeness (QED) is 0.580. The highest BCUT2D eigenvalue weighted by Gasteiger charge is 2.11. The van der Waals surface area contributed by atoms with E-state index in [1.165, 1.54) is 11.3 Å². The molecule has 0 spiro atoms. The summed E-state index contributed by atoms with van der Waals surface area (Å²) in [5, 5.41) is 11.0. The molecule has 0 atom stereocenters. The van der Waals surface area contributed by atoms with Gasteiger partial charge in [0.25, 0.3) is 0 Å². The zero-order valence-corrected chi connectivity index (χ0v) is 13.4. The van der Waals surface area contributed by atoms with Crippen molar-refractivity contribution in [3.8, 4) is 11.1 Å². The fourth-order valence-electron chi connectivity index (χ4n) is 2.24. The van der Waals surface area contributed by atoms with Gasteiger partial charge in [-0.2, -0.15) is 5.10 Å². The first kappa shape index (κ1) is 14.5. The van der Waals surface area contributed by atoms with Gasteiger partial charge in [0.05, 0.1) is 17.6 Å². The van der Waals surface area contributed by atoms with E-state index in [9.17, 15) is 0 Å². The van der Waals surface area contributed by atoms with Gasteiger partial charge in [0.15, 0.2) is 0 Å². The van der Waals surface area contributed by atoms with Gasteiger partial charge in [-0.3, -0.25) is 5.43 Å². The molecule has 2 aromatic heterocycles. The molecule has 6 heteroatoms. The highest BCUT2D eigenvalue weighted by Crippen LogP contribution is 2.27. The molecular formula is C16H16N4OS. The van der Waals surface area contributed by atoms with Crippen LogP contribution in [0.25, 0.3) is 11.1 Å². The maximum absolute atomic E-state index is 5.23. The second-order valence-electron chi connectivity index (χ2n) is 4.99. The molecule has 0 aliphatic rings.